The molecule has 31 heavy (non-hydrogen) atoms. The van der Waals surface area contributed by atoms with E-state index in [4.69, 9.17) is 19.8 Å². The number of hydrogen-bond donors (Lipinski definition) is 1. The highest BCUT2D eigenvalue weighted by Crippen LogP contribution is 2.30. The first kappa shape index (κ1) is 23.9. The van der Waals surface area contributed by atoms with Gasteiger partial charge >= 0.3 is 6.09 Å². The maximum absolute atomic E-state index is 15.3. The van der Waals surface area contributed by atoms with E-state index in [9.17, 15) is 4.79 Å². The van der Waals surface area contributed by atoms with Crippen LogP contribution in [-0.4, -0.2) is 55.6 Å². The van der Waals surface area contributed by atoms with Gasteiger partial charge in [-0.25, -0.2) is 14.2 Å². The second-order valence-electron chi connectivity index (χ2n) is 5.77. The van der Waals surface area contributed by atoms with E-state index >= 15 is 4.39 Å². The number of nitrogens with zero attached hydrogens (tertiary/aromatic N) is 3. The molecule has 0 atom stereocenters. The van der Waals surface area contributed by atoms with Crippen LogP contribution in [0.5, 0.6) is 11.5 Å². The Kier molecular flexibility index (Phi) is 8.99. The van der Waals surface area contributed by atoms with Crippen molar-refractivity contribution < 1.29 is 28.5 Å². The van der Waals surface area contributed by atoms with Crippen LogP contribution in [0.25, 0.3) is 0 Å². The zero-order valence-electron chi connectivity index (χ0n) is 17.1. The number of thioether (sulfide) groups is 1. The molecular formula is C21H20FN3O5S. The Balaban J connectivity index is 2.74. The van der Waals surface area contributed by atoms with Crippen LogP contribution in [0, 0.1) is 17.1 Å². The molecule has 2 aromatic rings. The third-order valence-corrected chi connectivity index (χ3v) is 4.52. The molecule has 2 aromatic carbocycles. The molecule has 0 aliphatic rings. The lowest BCUT2D eigenvalue weighted by Crippen LogP contribution is -2.17. The fourth-order valence-electron chi connectivity index (χ4n) is 2.41. The van der Waals surface area contributed by atoms with E-state index in [1.54, 1.807) is 30.5 Å². The fourth-order valence-corrected chi connectivity index (χ4v) is 2.92. The molecule has 1 N–H and O–H groups in total. The molecule has 0 aliphatic heterocycles. The molecule has 0 aromatic heterocycles. The third kappa shape index (κ3) is 6.28. The number of aliphatic hydroxyl groups is 1. The molecule has 0 unspecified atom stereocenters. The summed E-state index contributed by atoms with van der Waals surface area (Å²) in [6, 6.07) is 11.0. The van der Waals surface area contributed by atoms with Gasteiger partial charge in [0.15, 0.2) is 11.6 Å². The summed E-state index contributed by atoms with van der Waals surface area (Å²) in [6.45, 7) is -0.435. The van der Waals surface area contributed by atoms with Gasteiger partial charge in [-0.1, -0.05) is 0 Å². The van der Waals surface area contributed by atoms with Gasteiger partial charge in [-0.05, 0) is 36.6 Å². The van der Waals surface area contributed by atoms with E-state index in [2.05, 4.69) is 14.7 Å². The summed E-state index contributed by atoms with van der Waals surface area (Å²) < 4.78 is 30.5. The number of amides is 1. The molecule has 0 aliphatic carbocycles. The van der Waals surface area contributed by atoms with Gasteiger partial charge in [0.2, 0.25) is 0 Å². The monoisotopic (exact) mass is 445 g/mol. The lowest BCUT2D eigenvalue weighted by molar-refractivity contribution is 0.183. The predicted octanol–water partition coefficient (Wildman–Crippen LogP) is 3.73. The Morgan fingerprint density at radius 2 is 1.97 bits per heavy atom. The number of aliphatic imine (C=N–C) groups is 2. The summed E-state index contributed by atoms with van der Waals surface area (Å²) in [5.74, 6) is -0.655. The van der Waals surface area contributed by atoms with Crippen molar-refractivity contribution in [1.82, 2.24) is 0 Å². The Labute approximate surface area is 183 Å². The van der Waals surface area contributed by atoms with Crippen LogP contribution in [0.3, 0.4) is 0 Å². The number of ether oxygens (including phenoxy) is 3. The topological polar surface area (TPSA) is 114 Å². The molecule has 10 heteroatoms. The molecule has 0 saturated heterocycles. The fraction of sp³-hybridized carbons (Fsp3) is 0.238. The van der Waals surface area contributed by atoms with E-state index in [0.29, 0.717) is 11.3 Å². The first-order valence-corrected chi connectivity index (χ1v) is 10.1. The summed E-state index contributed by atoms with van der Waals surface area (Å²) in [5.41, 5.74) is 0.836. The SMILES string of the molecule is COC(=O)/N=C(SC)/C(=N/c1ccc(C#N)cc1)c1cc(OC)cc(OCCO)c1F. The van der Waals surface area contributed by atoms with Crippen LogP contribution in [-0.2, 0) is 4.74 Å². The van der Waals surface area contributed by atoms with E-state index in [0.717, 1.165) is 11.8 Å². The van der Waals surface area contributed by atoms with Crippen molar-refractivity contribution in [2.75, 3.05) is 33.7 Å². The summed E-state index contributed by atoms with van der Waals surface area (Å²) in [6.07, 6.45) is 0.772. The second kappa shape index (κ2) is 11.7. The molecule has 8 nitrogen and oxygen atoms in total. The van der Waals surface area contributed by atoms with Crippen molar-refractivity contribution in [3.63, 3.8) is 0 Å². The molecule has 0 heterocycles. The smallest absolute Gasteiger partial charge is 0.434 e. The second-order valence-corrected chi connectivity index (χ2v) is 6.56. The number of rotatable bonds is 7. The maximum Gasteiger partial charge on any atom is 0.434 e. The number of hydrogen-bond acceptors (Lipinski definition) is 8. The van der Waals surface area contributed by atoms with Gasteiger partial charge in [-0.3, -0.25) is 0 Å². The molecular weight excluding hydrogens is 425 g/mol. The Bertz CT molecular complexity index is 1030. The van der Waals surface area contributed by atoms with Crippen molar-refractivity contribution in [2.45, 2.75) is 0 Å². The quantitative estimate of drug-likeness (QED) is 0.510. The van der Waals surface area contributed by atoms with Gasteiger partial charge in [0.05, 0.1) is 38.1 Å². The van der Waals surface area contributed by atoms with E-state index in [1.807, 2.05) is 6.07 Å². The number of aliphatic hydroxyl groups excluding tert-OH is 1. The van der Waals surface area contributed by atoms with Crippen molar-refractivity contribution in [3.8, 4) is 17.6 Å². The summed E-state index contributed by atoms with van der Waals surface area (Å²) >= 11 is 1.07. The summed E-state index contributed by atoms with van der Waals surface area (Å²) in [5, 5.41) is 18.1. The van der Waals surface area contributed by atoms with Crippen LogP contribution in [0.4, 0.5) is 14.9 Å². The molecule has 0 radical (unpaired) electrons. The normalized spacial score (nSPS) is 11.6. The van der Waals surface area contributed by atoms with E-state index < -0.39 is 11.9 Å². The number of benzene rings is 2. The maximum atomic E-state index is 15.3. The highest BCUT2D eigenvalue weighted by Gasteiger charge is 2.22. The molecule has 162 valence electrons. The highest BCUT2D eigenvalue weighted by atomic mass is 32.2. The number of methoxy groups -OCH3 is 2. The Hall–Kier alpha value is -3.42. The lowest BCUT2D eigenvalue weighted by atomic mass is 10.1. The molecule has 0 bridgehead atoms. The van der Waals surface area contributed by atoms with Gasteiger partial charge in [-0.15, -0.1) is 11.8 Å². The number of nitriles is 1. The van der Waals surface area contributed by atoms with E-state index in [1.165, 1.54) is 26.4 Å². The Morgan fingerprint density at radius 1 is 1.26 bits per heavy atom. The van der Waals surface area contributed by atoms with E-state index in [-0.39, 0.29) is 41.0 Å². The summed E-state index contributed by atoms with van der Waals surface area (Å²) in [7, 11) is 2.58. The van der Waals surface area contributed by atoms with Gasteiger partial charge < -0.3 is 19.3 Å². The van der Waals surface area contributed by atoms with Crippen LogP contribution < -0.4 is 9.47 Å². The highest BCUT2D eigenvalue weighted by molar-refractivity contribution is 8.15. The minimum absolute atomic E-state index is 0.0337. The largest absolute Gasteiger partial charge is 0.497 e. The zero-order valence-corrected chi connectivity index (χ0v) is 17.9. The van der Waals surface area contributed by atoms with Crippen LogP contribution in [0.15, 0.2) is 46.4 Å². The van der Waals surface area contributed by atoms with Crippen LogP contribution >= 0.6 is 11.8 Å². The van der Waals surface area contributed by atoms with Crippen LogP contribution in [0.1, 0.15) is 11.1 Å². The first-order chi connectivity index (χ1) is 15.0. The van der Waals surface area contributed by atoms with Crippen molar-refractivity contribution in [2.24, 2.45) is 9.98 Å². The van der Waals surface area contributed by atoms with Crippen molar-refractivity contribution in [3.05, 3.63) is 53.3 Å². The minimum atomic E-state index is -0.878. The molecule has 2 rings (SSSR count). The predicted molar refractivity (Wildman–Crippen MR) is 116 cm³/mol. The lowest BCUT2D eigenvalue weighted by Gasteiger charge is -2.14. The van der Waals surface area contributed by atoms with Gasteiger partial charge in [0, 0.05) is 11.6 Å². The minimum Gasteiger partial charge on any atom is -0.497 e. The average Bonchev–Trinajstić information content (AvgIpc) is 2.80. The summed E-state index contributed by atoms with van der Waals surface area (Å²) in [4.78, 5) is 20.1. The van der Waals surface area contributed by atoms with Gasteiger partial charge in [0.25, 0.3) is 0 Å². The molecule has 0 saturated carbocycles. The zero-order chi connectivity index (χ0) is 22.8. The first-order valence-electron chi connectivity index (χ1n) is 8.88. The molecule has 1 amide bonds. The Morgan fingerprint density at radius 3 is 2.52 bits per heavy atom. The molecule has 0 fully saturated rings. The standard InChI is InChI=1S/C21H20FN3O5S/c1-28-15-10-16(18(22)17(11-15)30-9-8-26)19(20(31-3)25-21(27)29-2)24-14-6-4-13(12-23)5-7-14/h4-7,10-11,26H,8-9H2,1-3H3/b24-19+,25-20-. The average molecular weight is 445 g/mol. The van der Waals surface area contributed by atoms with Crippen molar-refractivity contribution >= 4 is 34.3 Å². The van der Waals surface area contributed by atoms with Crippen molar-refractivity contribution in [1.29, 1.82) is 5.26 Å². The number of carbonyl (C=O) groups is 1. The number of carbonyl (C=O) groups excluding carboxylic acids is 1. The van der Waals surface area contributed by atoms with Gasteiger partial charge in [0.1, 0.15) is 23.1 Å². The van der Waals surface area contributed by atoms with Crippen LogP contribution in [0.2, 0.25) is 0 Å². The number of halogens is 1. The third-order valence-electron chi connectivity index (χ3n) is 3.85. The molecule has 0 spiro atoms. The van der Waals surface area contributed by atoms with Gasteiger partial charge in [-0.2, -0.15) is 10.3 Å².